The van der Waals surface area contributed by atoms with Crippen LogP contribution in [0.15, 0.2) is 0 Å². The van der Waals surface area contributed by atoms with Gasteiger partial charge in [-0.2, -0.15) is 0 Å². The zero-order valence-electron chi connectivity index (χ0n) is 8.60. The topological polar surface area (TPSA) is 43.1 Å². The van der Waals surface area contributed by atoms with Crippen LogP contribution in [0.5, 0.6) is 0 Å². The lowest BCUT2D eigenvalue weighted by atomic mass is 10.2. The number of unbranched alkanes of at least 4 members (excludes halogenated alkanes) is 1. The Morgan fingerprint density at radius 3 is 1.86 bits per heavy atom. The molecular formula is C9H20Cl3NO. The number of ketones is 1. The van der Waals surface area contributed by atoms with Crippen molar-refractivity contribution in [2.45, 2.75) is 32.6 Å². The predicted molar refractivity (Wildman–Crippen MR) is 66.9 cm³/mol. The second-order valence-electron chi connectivity index (χ2n) is 2.68. The fourth-order valence-corrected chi connectivity index (χ4v) is 0.889. The summed E-state index contributed by atoms with van der Waals surface area (Å²) in [6, 6.07) is 0. The van der Waals surface area contributed by atoms with Crippen LogP contribution in [0.2, 0.25) is 0 Å². The van der Waals surface area contributed by atoms with E-state index in [9.17, 15) is 4.79 Å². The van der Waals surface area contributed by atoms with Gasteiger partial charge in [0.15, 0.2) is 0 Å². The maximum atomic E-state index is 10.3. The van der Waals surface area contributed by atoms with Crippen LogP contribution in [0.25, 0.3) is 0 Å². The Morgan fingerprint density at radius 2 is 1.64 bits per heavy atom. The molecule has 0 bridgehead atoms. The normalized spacial score (nSPS) is 8.29. The van der Waals surface area contributed by atoms with E-state index in [1.54, 1.807) is 6.92 Å². The molecule has 0 aliphatic heterocycles. The van der Waals surface area contributed by atoms with Gasteiger partial charge in [0, 0.05) is 18.2 Å². The van der Waals surface area contributed by atoms with E-state index in [0.717, 1.165) is 19.3 Å². The fourth-order valence-electron chi connectivity index (χ4n) is 0.546. The molecule has 0 heterocycles. The lowest BCUT2D eigenvalue weighted by molar-refractivity contribution is -0.117. The van der Waals surface area contributed by atoms with Crippen molar-refractivity contribution in [3.8, 4) is 0 Å². The first kappa shape index (κ1) is 20.0. The standard InChI is InChI=1S/C6H11ClO.C3H8ClN.ClH/c1-6(8)4-2-3-5-7;4-2-1-3-5;/h2-5H2,1H3;1-3,5H2;1H. The summed E-state index contributed by atoms with van der Waals surface area (Å²) in [5.41, 5.74) is 5.05. The highest BCUT2D eigenvalue weighted by Gasteiger charge is 1.90. The second-order valence-corrected chi connectivity index (χ2v) is 3.44. The zero-order valence-corrected chi connectivity index (χ0v) is 10.9. The molecule has 0 aromatic carbocycles. The van der Waals surface area contributed by atoms with Crippen molar-refractivity contribution < 1.29 is 4.79 Å². The Bertz CT molecular complexity index is 110. The van der Waals surface area contributed by atoms with Gasteiger partial charge in [0.25, 0.3) is 0 Å². The molecule has 0 fully saturated rings. The largest absolute Gasteiger partial charge is 0.330 e. The average Bonchev–Trinajstić information content (AvgIpc) is 2.07. The molecule has 0 unspecified atom stereocenters. The molecule has 0 aliphatic carbocycles. The lowest BCUT2D eigenvalue weighted by Gasteiger charge is -1.89. The van der Waals surface area contributed by atoms with E-state index in [2.05, 4.69) is 0 Å². The molecular weight excluding hydrogens is 244 g/mol. The number of halogens is 3. The van der Waals surface area contributed by atoms with Crippen molar-refractivity contribution in [2.75, 3.05) is 18.3 Å². The van der Waals surface area contributed by atoms with Crippen LogP contribution >= 0.6 is 35.6 Å². The van der Waals surface area contributed by atoms with Crippen molar-refractivity contribution in [1.82, 2.24) is 0 Å². The molecule has 0 rings (SSSR count). The molecule has 0 amide bonds. The quantitative estimate of drug-likeness (QED) is 0.592. The smallest absolute Gasteiger partial charge is 0.129 e. The summed E-state index contributed by atoms with van der Waals surface area (Å²) < 4.78 is 0. The minimum atomic E-state index is 0. The molecule has 5 heteroatoms. The van der Waals surface area contributed by atoms with E-state index in [-0.39, 0.29) is 18.2 Å². The third-order valence-corrected chi connectivity index (χ3v) is 1.78. The van der Waals surface area contributed by atoms with E-state index in [1.807, 2.05) is 0 Å². The summed E-state index contributed by atoms with van der Waals surface area (Å²) in [7, 11) is 0. The molecule has 0 saturated carbocycles. The Labute approximate surface area is 103 Å². The third-order valence-electron chi connectivity index (χ3n) is 1.25. The highest BCUT2D eigenvalue weighted by molar-refractivity contribution is 6.18. The maximum Gasteiger partial charge on any atom is 0.129 e. The van der Waals surface area contributed by atoms with Gasteiger partial charge in [-0.1, -0.05) is 0 Å². The van der Waals surface area contributed by atoms with Gasteiger partial charge in [-0.05, 0) is 32.7 Å². The van der Waals surface area contributed by atoms with Gasteiger partial charge in [0.05, 0.1) is 0 Å². The maximum absolute atomic E-state index is 10.3. The molecule has 0 spiro atoms. The number of rotatable bonds is 6. The number of Topliss-reactive ketones (excluding diaryl/α,β-unsaturated/α-hetero) is 1. The van der Waals surface area contributed by atoms with Crippen LogP contribution in [0.1, 0.15) is 32.6 Å². The first-order valence-electron chi connectivity index (χ1n) is 4.50. The van der Waals surface area contributed by atoms with Crippen LogP contribution in [0.3, 0.4) is 0 Å². The monoisotopic (exact) mass is 263 g/mol. The summed E-state index contributed by atoms with van der Waals surface area (Å²) >= 11 is 10.6. The number of hydrogen-bond donors (Lipinski definition) is 1. The molecule has 0 radical (unpaired) electrons. The molecule has 2 N–H and O–H groups in total. The third kappa shape index (κ3) is 29.4. The fraction of sp³-hybridized carbons (Fsp3) is 0.889. The van der Waals surface area contributed by atoms with Crippen LogP contribution in [-0.4, -0.2) is 24.1 Å². The number of carbonyl (C=O) groups is 1. The summed E-state index contributed by atoms with van der Waals surface area (Å²) in [4.78, 5) is 10.3. The Hall–Kier alpha value is 0.500. The summed E-state index contributed by atoms with van der Waals surface area (Å²) in [6.07, 6.45) is 3.52. The van der Waals surface area contributed by atoms with Gasteiger partial charge in [-0.15, -0.1) is 35.6 Å². The minimum absolute atomic E-state index is 0. The minimum Gasteiger partial charge on any atom is -0.330 e. The molecule has 0 saturated heterocycles. The Balaban J connectivity index is -0.000000177. The first-order valence-corrected chi connectivity index (χ1v) is 5.57. The van der Waals surface area contributed by atoms with E-state index in [1.165, 1.54) is 0 Å². The molecule has 0 aromatic heterocycles. The van der Waals surface area contributed by atoms with Gasteiger partial charge >= 0.3 is 0 Å². The SMILES string of the molecule is CC(=O)CCCCCl.Cl.NCCCCl. The second kappa shape index (κ2) is 19.1. The first-order chi connectivity index (χ1) is 6.18. The Kier molecular flexibility index (Phi) is 27.3. The average molecular weight is 265 g/mol. The summed E-state index contributed by atoms with van der Waals surface area (Å²) in [5, 5.41) is 0. The number of hydrogen-bond acceptors (Lipinski definition) is 2. The van der Waals surface area contributed by atoms with Crippen LogP contribution < -0.4 is 5.73 Å². The van der Waals surface area contributed by atoms with Crippen molar-refractivity contribution in [1.29, 1.82) is 0 Å². The van der Waals surface area contributed by atoms with Gasteiger partial charge in [-0.25, -0.2) is 0 Å². The Morgan fingerprint density at radius 1 is 1.14 bits per heavy atom. The van der Waals surface area contributed by atoms with Gasteiger partial charge < -0.3 is 10.5 Å². The van der Waals surface area contributed by atoms with Crippen molar-refractivity contribution in [2.24, 2.45) is 5.73 Å². The number of nitrogens with two attached hydrogens (primary N) is 1. The number of alkyl halides is 2. The van der Waals surface area contributed by atoms with E-state index in [4.69, 9.17) is 28.9 Å². The molecule has 0 aliphatic rings. The van der Waals surface area contributed by atoms with E-state index < -0.39 is 0 Å². The molecule has 0 aromatic rings. The zero-order chi connectivity index (χ0) is 10.5. The van der Waals surface area contributed by atoms with Crippen LogP contribution in [0, 0.1) is 0 Å². The van der Waals surface area contributed by atoms with Crippen molar-refractivity contribution in [3.63, 3.8) is 0 Å². The highest BCUT2D eigenvalue weighted by Crippen LogP contribution is 1.96. The van der Waals surface area contributed by atoms with Gasteiger partial charge in [0.1, 0.15) is 5.78 Å². The molecule has 88 valence electrons. The summed E-state index contributed by atoms with van der Waals surface area (Å²) in [6.45, 7) is 2.32. The van der Waals surface area contributed by atoms with Gasteiger partial charge in [-0.3, -0.25) is 0 Å². The van der Waals surface area contributed by atoms with E-state index >= 15 is 0 Å². The predicted octanol–water partition coefficient (Wildman–Crippen LogP) is 2.98. The molecule has 0 atom stereocenters. The lowest BCUT2D eigenvalue weighted by Crippen LogP contribution is -1.97. The highest BCUT2D eigenvalue weighted by atomic mass is 35.5. The van der Waals surface area contributed by atoms with Gasteiger partial charge in [0.2, 0.25) is 0 Å². The summed E-state index contributed by atoms with van der Waals surface area (Å²) in [5.74, 6) is 1.62. The van der Waals surface area contributed by atoms with Crippen LogP contribution in [0.4, 0.5) is 0 Å². The number of carbonyl (C=O) groups excluding carboxylic acids is 1. The molecule has 2 nitrogen and oxygen atoms in total. The van der Waals surface area contributed by atoms with Crippen molar-refractivity contribution >= 4 is 41.4 Å². The van der Waals surface area contributed by atoms with Crippen molar-refractivity contribution in [3.05, 3.63) is 0 Å². The molecule has 14 heavy (non-hydrogen) atoms. The van der Waals surface area contributed by atoms with Crippen LogP contribution in [-0.2, 0) is 4.79 Å². The van der Waals surface area contributed by atoms with E-state index in [0.29, 0.717) is 24.7 Å².